The number of benzene rings is 2. The van der Waals surface area contributed by atoms with Crippen LogP contribution in [-0.4, -0.2) is 17.7 Å². The Balaban J connectivity index is 1.51. The van der Waals surface area contributed by atoms with Gasteiger partial charge in [0.25, 0.3) is 0 Å². The normalized spacial score (nSPS) is 15.8. The van der Waals surface area contributed by atoms with E-state index in [1.54, 1.807) is 6.07 Å². The molecule has 1 aliphatic rings. The van der Waals surface area contributed by atoms with E-state index < -0.39 is 0 Å². The summed E-state index contributed by atoms with van der Waals surface area (Å²) in [6.07, 6.45) is 0.898. The highest BCUT2D eigenvalue weighted by molar-refractivity contribution is 7.99. The number of aryl methyl sites for hydroxylation is 2. The summed E-state index contributed by atoms with van der Waals surface area (Å²) in [5.74, 6) is 1.09. The second-order valence-corrected chi connectivity index (χ2v) is 8.45. The predicted molar refractivity (Wildman–Crippen MR) is 115 cm³/mol. The van der Waals surface area contributed by atoms with Crippen molar-refractivity contribution in [2.45, 2.75) is 39.0 Å². The Morgan fingerprint density at radius 1 is 1.18 bits per heavy atom. The number of amides is 1. The average Bonchev–Trinajstić information content (AvgIpc) is 2.99. The number of para-hydroxylation sites is 1. The first kappa shape index (κ1) is 18.8. The van der Waals surface area contributed by atoms with E-state index in [1.165, 1.54) is 17.3 Å². The molecule has 3 aromatic rings. The van der Waals surface area contributed by atoms with E-state index in [-0.39, 0.29) is 17.6 Å². The molecule has 1 atom stereocenters. The molecule has 0 saturated heterocycles. The van der Waals surface area contributed by atoms with Crippen molar-refractivity contribution in [2.24, 2.45) is 0 Å². The van der Waals surface area contributed by atoms with Crippen LogP contribution in [0, 0.1) is 13.8 Å². The number of nitrogens with zero attached hydrogens (tertiary/aromatic N) is 1. The Bertz CT molecular complexity index is 1120. The van der Waals surface area contributed by atoms with Crippen LogP contribution in [0.5, 0.6) is 0 Å². The Hall–Kier alpha value is -2.53. The molecular weight excluding hydrogens is 370 g/mol. The van der Waals surface area contributed by atoms with E-state index in [4.69, 9.17) is 4.42 Å². The molecule has 0 aliphatic carbocycles. The minimum Gasteiger partial charge on any atom is -0.423 e. The molecule has 0 fully saturated rings. The van der Waals surface area contributed by atoms with Crippen molar-refractivity contribution < 1.29 is 9.21 Å². The van der Waals surface area contributed by atoms with Gasteiger partial charge in [0.1, 0.15) is 5.58 Å². The van der Waals surface area contributed by atoms with Crippen LogP contribution in [0.4, 0.5) is 5.69 Å². The molecular formula is C23H23NO3S. The minimum absolute atomic E-state index is 0.113. The Kier molecular flexibility index (Phi) is 5.02. The van der Waals surface area contributed by atoms with Crippen molar-refractivity contribution in [3.8, 4) is 0 Å². The molecule has 0 N–H and O–H groups in total. The number of thioether (sulfide) groups is 1. The molecule has 0 spiro atoms. The number of fused-ring (bicyclic) bond motifs is 2. The number of rotatable bonds is 4. The van der Waals surface area contributed by atoms with Crippen LogP contribution in [0.1, 0.15) is 29.2 Å². The Morgan fingerprint density at radius 2 is 1.93 bits per heavy atom. The third kappa shape index (κ3) is 3.47. The summed E-state index contributed by atoms with van der Waals surface area (Å²) >= 11 is 1.54. The smallest absolute Gasteiger partial charge is 0.336 e. The fourth-order valence-electron chi connectivity index (χ4n) is 3.87. The van der Waals surface area contributed by atoms with Gasteiger partial charge in [-0.05, 0) is 67.6 Å². The lowest BCUT2D eigenvalue weighted by atomic mass is 10.0. The summed E-state index contributed by atoms with van der Waals surface area (Å²) in [5.41, 5.74) is 5.69. The number of anilines is 1. The maximum Gasteiger partial charge on any atom is 0.336 e. The summed E-state index contributed by atoms with van der Waals surface area (Å²) in [6, 6.07) is 13.8. The molecule has 2 aromatic carbocycles. The number of carbonyl (C=O) groups excluding carboxylic acids is 1. The van der Waals surface area contributed by atoms with Crippen molar-refractivity contribution in [2.75, 3.05) is 10.7 Å². The molecule has 1 amide bonds. The van der Waals surface area contributed by atoms with Crippen LogP contribution in [0.3, 0.4) is 0 Å². The van der Waals surface area contributed by atoms with E-state index in [1.807, 2.05) is 43.0 Å². The van der Waals surface area contributed by atoms with E-state index in [2.05, 4.69) is 19.1 Å². The van der Waals surface area contributed by atoms with Gasteiger partial charge in [0, 0.05) is 28.9 Å². The van der Waals surface area contributed by atoms with Crippen LogP contribution in [-0.2, 0) is 17.0 Å². The predicted octanol–water partition coefficient (Wildman–Crippen LogP) is 4.62. The molecule has 2 heterocycles. The fraction of sp³-hybridized carbons (Fsp3) is 0.304. The lowest BCUT2D eigenvalue weighted by Gasteiger charge is -2.22. The summed E-state index contributed by atoms with van der Waals surface area (Å²) < 4.78 is 5.36. The highest BCUT2D eigenvalue weighted by atomic mass is 32.2. The van der Waals surface area contributed by atoms with Gasteiger partial charge in [0.05, 0.1) is 5.75 Å². The SMILES string of the molecule is Cc1cc2oc(=O)cc(CSCC(=O)N3c4ccccc4C[C@@H]3C)c2cc1C. The van der Waals surface area contributed by atoms with Gasteiger partial charge < -0.3 is 9.32 Å². The maximum atomic E-state index is 12.9. The molecule has 4 rings (SSSR count). The maximum absolute atomic E-state index is 12.9. The molecule has 0 radical (unpaired) electrons. The topological polar surface area (TPSA) is 50.5 Å². The molecule has 28 heavy (non-hydrogen) atoms. The highest BCUT2D eigenvalue weighted by Gasteiger charge is 2.30. The van der Waals surface area contributed by atoms with Crippen LogP contribution in [0.2, 0.25) is 0 Å². The third-order valence-electron chi connectivity index (χ3n) is 5.40. The quantitative estimate of drug-likeness (QED) is 0.607. The first-order chi connectivity index (χ1) is 13.4. The van der Waals surface area contributed by atoms with Crippen LogP contribution in [0.15, 0.2) is 51.7 Å². The lowest BCUT2D eigenvalue weighted by molar-refractivity contribution is -0.116. The van der Waals surface area contributed by atoms with Gasteiger partial charge in [-0.1, -0.05) is 18.2 Å². The molecule has 5 heteroatoms. The van der Waals surface area contributed by atoms with Gasteiger partial charge in [-0.3, -0.25) is 4.79 Å². The molecule has 0 saturated carbocycles. The van der Waals surface area contributed by atoms with Gasteiger partial charge >= 0.3 is 5.63 Å². The van der Waals surface area contributed by atoms with Gasteiger partial charge in [-0.15, -0.1) is 11.8 Å². The minimum atomic E-state index is -0.347. The lowest BCUT2D eigenvalue weighted by Crippen LogP contribution is -2.37. The van der Waals surface area contributed by atoms with Crippen LogP contribution < -0.4 is 10.5 Å². The van der Waals surface area contributed by atoms with Crippen molar-refractivity contribution in [1.29, 1.82) is 0 Å². The summed E-state index contributed by atoms with van der Waals surface area (Å²) in [5, 5.41) is 0.947. The second-order valence-electron chi connectivity index (χ2n) is 7.46. The molecule has 1 aromatic heterocycles. The van der Waals surface area contributed by atoms with Crippen molar-refractivity contribution in [3.05, 3.63) is 75.1 Å². The van der Waals surface area contributed by atoms with Gasteiger partial charge in [-0.25, -0.2) is 4.79 Å². The van der Waals surface area contributed by atoms with Crippen molar-refractivity contribution in [3.63, 3.8) is 0 Å². The van der Waals surface area contributed by atoms with Gasteiger partial charge in [0.15, 0.2) is 0 Å². The first-order valence-corrected chi connectivity index (χ1v) is 10.6. The number of hydrogen-bond acceptors (Lipinski definition) is 4. The largest absolute Gasteiger partial charge is 0.423 e. The number of hydrogen-bond donors (Lipinski definition) is 0. The second kappa shape index (κ2) is 7.47. The molecule has 4 nitrogen and oxygen atoms in total. The fourth-order valence-corrected chi connectivity index (χ4v) is 4.74. The summed E-state index contributed by atoms with van der Waals surface area (Å²) in [7, 11) is 0. The zero-order valence-corrected chi connectivity index (χ0v) is 17.1. The Morgan fingerprint density at radius 3 is 2.75 bits per heavy atom. The van der Waals surface area contributed by atoms with Gasteiger partial charge in [-0.2, -0.15) is 0 Å². The van der Waals surface area contributed by atoms with E-state index in [0.29, 0.717) is 17.1 Å². The van der Waals surface area contributed by atoms with Crippen LogP contribution >= 0.6 is 11.8 Å². The monoisotopic (exact) mass is 393 g/mol. The highest BCUT2D eigenvalue weighted by Crippen LogP contribution is 2.32. The van der Waals surface area contributed by atoms with Crippen molar-refractivity contribution in [1.82, 2.24) is 0 Å². The van der Waals surface area contributed by atoms with E-state index in [9.17, 15) is 9.59 Å². The first-order valence-electron chi connectivity index (χ1n) is 9.45. The van der Waals surface area contributed by atoms with E-state index >= 15 is 0 Å². The van der Waals surface area contributed by atoms with Gasteiger partial charge in [0.2, 0.25) is 5.91 Å². The standard InChI is InChI=1S/C23H23NO3S/c1-14-8-19-18(11-23(26)27-21(19)9-15(14)2)12-28-13-22(25)24-16(3)10-17-6-4-5-7-20(17)24/h4-9,11,16H,10,12-13H2,1-3H3/t16-/m0/s1. The van der Waals surface area contributed by atoms with E-state index in [0.717, 1.165) is 34.2 Å². The molecule has 0 unspecified atom stereocenters. The molecule has 144 valence electrons. The van der Waals surface area contributed by atoms with Crippen molar-refractivity contribution >= 4 is 34.3 Å². The number of carbonyl (C=O) groups is 1. The zero-order valence-electron chi connectivity index (χ0n) is 16.3. The third-order valence-corrected chi connectivity index (χ3v) is 6.37. The van der Waals surface area contributed by atoms with Crippen LogP contribution in [0.25, 0.3) is 11.0 Å². The summed E-state index contributed by atoms with van der Waals surface area (Å²) in [4.78, 5) is 26.7. The average molecular weight is 394 g/mol. The molecule has 0 bridgehead atoms. The molecule has 1 aliphatic heterocycles. The summed E-state index contributed by atoms with van der Waals surface area (Å²) in [6.45, 7) is 6.14. The Labute approximate surface area is 168 Å². The zero-order chi connectivity index (χ0) is 19.8.